The maximum Gasteiger partial charge on any atom is 0.410 e. The van der Waals surface area contributed by atoms with Crippen molar-refractivity contribution in [2.75, 3.05) is 18.4 Å². The first-order chi connectivity index (χ1) is 13.1. The Balaban J connectivity index is 1.62. The van der Waals surface area contributed by atoms with Crippen LogP contribution in [0.3, 0.4) is 0 Å². The molecule has 1 saturated heterocycles. The van der Waals surface area contributed by atoms with Gasteiger partial charge >= 0.3 is 6.09 Å². The molecule has 7 nitrogen and oxygen atoms in total. The highest BCUT2D eigenvalue weighted by Crippen LogP contribution is 2.31. The Bertz CT molecular complexity index is 877. The van der Waals surface area contributed by atoms with Gasteiger partial charge in [-0.05, 0) is 39.3 Å². The molecule has 150 valence electrons. The molecule has 2 aromatic rings. The smallest absolute Gasteiger partial charge is 0.410 e. The first kappa shape index (κ1) is 20.1. The second-order valence-corrected chi connectivity index (χ2v) is 8.39. The fraction of sp³-hybridized carbons (Fsp3) is 0.444. The van der Waals surface area contributed by atoms with Crippen molar-refractivity contribution in [3.05, 3.63) is 29.8 Å². The van der Waals surface area contributed by atoms with E-state index in [1.807, 2.05) is 0 Å². The number of carbonyl (C=O) groups is 2. The molecule has 1 unspecified atom stereocenters. The van der Waals surface area contributed by atoms with Crippen molar-refractivity contribution in [2.24, 2.45) is 5.92 Å². The third kappa shape index (κ3) is 4.61. The van der Waals surface area contributed by atoms with E-state index < -0.39 is 29.2 Å². The molecule has 3 rings (SSSR count). The second kappa shape index (κ2) is 7.78. The summed E-state index contributed by atoms with van der Waals surface area (Å²) in [5, 5.41) is 10.3. The van der Waals surface area contributed by atoms with Crippen LogP contribution < -0.4 is 5.32 Å². The fourth-order valence-corrected chi connectivity index (χ4v) is 3.55. The average molecular weight is 410 g/mol. The third-order valence-corrected chi connectivity index (χ3v) is 4.90. The molecule has 0 bridgehead atoms. The molecular formula is C18H20F2N4O3S. The first-order valence-corrected chi connectivity index (χ1v) is 9.52. The summed E-state index contributed by atoms with van der Waals surface area (Å²) in [6, 6.07) is 3.51. The summed E-state index contributed by atoms with van der Waals surface area (Å²) in [5.74, 6) is -2.26. The van der Waals surface area contributed by atoms with Crippen LogP contribution in [-0.4, -0.2) is 45.8 Å². The lowest BCUT2D eigenvalue weighted by Crippen LogP contribution is -2.36. The number of anilines is 1. The average Bonchev–Trinajstić information content (AvgIpc) is 3.23. The lowest BCUT2D eigenvalue weighted by molar-refractivity contribution is -0.119. The van der Waals surface area contributed by atoms with Gasteiger partial charge in [-0.2, -0.15) is 0 Å². The Hall–Kier alpha value is -2.62. The minimum atomic E-state index is -0.752. The van der Waals surface area contributed by atoms with Gasteiger partial charge in [0.2, 0.25) is 11.0 Å². The van der Waals surface area contributed by atoms with Gasteiger partial charge in [-0.1, -0.05) is 17.4 Å². The van der Waals surface area contributed by atoms with Crippen molar-refractivity contribution in [2.45, 2.75) is 32.8 Å². The van der Waals surface area contributed by atoms with Gasteiger partial charge in [0.1, 0.15) is 17.2 Å². The Morgan fingerprint density at radius 2 is 1.93 bits per heavy atom. The van der Waals surface area contributed by atoms with Crippen LogP contribution in [0.1, 0.15) is 27.2 Å². The molecule has 2 heterocycles. The summed E-state index contributed by atoms with van der Waals surface area (Å²) in [6.45, 7) is 5.97. The van der Waals surface area contributed by atoms with Gasteiger partial charge in [-0.3, -0.25) is 4.79 Å². The maximum absolute atomic E-state index is 13.9. The number of hydrogen-bond donors (Lipinski definition) is 1. The number of aromatic nitrogens is 2. The number of amides is 2. The molecule has 10 heteroatoms. The second-order valence-electron chi connectivity index (χ2n) is 7.41. The first-order valence-electron chi connectivity index (χ1n) is 8.71. The topological polar surface area (TPSA) is 84.4 Å². The summed E-state index contributed by atoms with van der Waals surface area (Å²) in [7, 11) is 0. The predicted octanol–water partition coefficient (Wildman–Crippen LogP) is 3.68. The number of ether oxygens (including phenoxy) is 1. The zero-order valence-electron chi connectivity index (χ0n) is 15.7. The van der Waals surface area contributed by atoms with Crippen LogP contribution in [0, 0.1) is 17.6 Å². The molecule has 1 aromatic heterocycles. The van der Waals surface area contributed by atoms with Crippen LogP contribution in [0.2, 0.25) is 0 Å². The number of nitrogens with one attached hydrogen (secondary N) is 1. The van der Waals surface area contributed by atoms with Crippen molar-refractivity contribution in [3.8, 4) is 10.6 Å². The monoisotopic (exact) mass is 410 g/mol. The van der Waals surface area contributed by atoms with E-state index in [4.69, 9.17) is 4.74 Å². The molecule has 1 fully saturated rings. The molecular weight excluding hydrogens is 390 g/mol. The molecule has 28 heavy (non-hydrogen) atoms. The molecule has 2 amide bonds. The SMILES string of the molecule is CC(C)(C)OC(=O)N1CCC(C(=O)Nc2nnc(-c3c(F)cccc3F)s2)C1. The molecule has 1 aliphatic rings. The van der Waals surface area contributed by atoms with E-state index in [0.717, 1.165) is 23.5 Å². The number of carbonyl (C=O) groups excluding carboxylic acids is 2. The molecule has 1 atom stereocenters. The molecule has 1 aromatic carbocycles. The predicted molar refractivity (Wildman–Crippen MR) is 99.8 cm³/mol. The minimum Gasteiger partial charge on any atom is -0.444 e. The fourth-order valence-electron chi connectivity index (χ4n) is 2.75. The lowest BCUT2D eigenvalue weighted by Gasteiger charge is -2.24. The lowest BCUT2D eigenvalue weighted by atomic mass is 10.1. The van der Waals surface area contributed by atoms with Crippen molar-refractivity contribution in [3.63, 3.8) is 0 Å². The van der Waals surface area contributed by atoms with Gasteiger partial charge < -0.3 is 15.0 Å². The van der Waals surface area contributed by atoms with Crippen molar-refractivity contribution < 1.29 is 23.1 Å². The summed E-state index contributed by atoms with van der Waals surface area (Å²) in [5.41, 5.74) is -0.889. The van der Waals surface area contributed by atoms with E-state index in [1.54, 1.807) is 20.8 Å². The largest absolute Gasteiger partial charge is 0.444 e. The quantitative estimate of drug-likeness (QED) is 0.835. The molecule has 0 saturated carbocycles. The van der Waals surface area contributed by atoms with E-state index >= 15 is 0 Å². The van der Waals surface area contributed by atoms with Gasteiger partial charge in [0, 0.05) is 13.1 Å². The molecule has 1 aliphatic heterocycles. The van der Waals surface area contributed by atoms with E-state index in [-0.39, 0.29) is 28.2 Å². The van der Waals surface area contributed by atoms with Gasteiger partial charge in [-0.15, -0.1) is 10.2 Å². The summed E-state index contributed by atoms with van der Waals surface area (Å²) >= 11 is 0.877. The maximum atomic E-state index is 13.9. The standard InChI is InChI=1S/C18H20F2N4O3S/c1-18(2,3)27-17(26)24-8-7-10(9-24)14(25)21-16-23-22-15(28-16)13-11(19)5-4-6-12(13)20/h4-6,10H,7-9H2,1-3H3,(H,21,23,25). The van der Waals surface area contributed by atoms with Crippen LogP contribution in [-0.2, 0) is 9.53 Å². The molecule has 0 aliphatic carbocycles. The third-order valence-electron chi connectivity index (χ3n) is 4.04. The van der Waals surface area contributed by atoms with Gasteiger partial charge in [-0.25, -0.2) is 13.6 Å². The molecule has 0 spiro atoms. The van der Waals surface area contributed by atoms with Crippen LogP contribution in [0.4, 0.5) is 18.7 Å². The minimum absolute atomic E-state index is 0.0349. The van der Waals surface area contributed by atoms with E-state index in [0.29, 0.717) is 13.0 Å². The Kier molecular flexibility index (Phi) is 5.59. The van der Waals surface area contributed by atoms with Crippen molar-refractivity contribution >= 4 is 28.5 Å². The number of halogens is 2. The Labute approximate surface area is 164 Å². The molecule has 1 N–H and O–H groups in total. The summed E-state index contributed by atoms with van der Waals surface area (Å²) < 4.78 is 33.0. The van der Waals surface area contributed by atoms with Crippen LogP contribution in [0.15, 0.2) is 18.2 Å². The van der Waals surface area contributed by atoms with E-state index in [2.05, 4.69) is 15.5 Å². The Morgan fingerprint density at radius 3 is 2.57 bits per heavy atom. The van der Waals surface area contributed by atoms with Gasteiger partial charge in [0.05, 0.1) is 11.5 Å². The van der Waals surface area contributed by atoms with Gasteiger partial charge in [0.15, 0.2) is 5.01 Å². The number of likely N-dealkylation sites (tertiary alicyclic amines) is 1. The molecule has 0 radical (unpaired) electrons. The van der Waals surface area contributed by atoms with Crippen molar-refractivity contribution in [1.29, 1.82) is 0 Å². The van der Waals surface area contributed by atoms with Crippen LogP contribution in [0.5, 0.6) is 0 Å². The highest BCUT2D eigenvalue weighted by atomic mass is 32.1. The van der Waals surface area contributed by atoms with Crippen LogP contribution >= 0.6 is 11.3 Å². The number of nitrogens with zero attached hydrogens (tertiary/aromatic N) is 3. The highest BCUT2D eigenvalue weighted by molar-refractivity contribution is 7.18. The summed E-state index contributed by atoms with van der Waals surface area (Å²) in [6.07, 6.45) is 0.0228. The number of rotatable bonds is 3. The Morgan fingerprint density at radius 1 is 1.25 bits per heavy atom. The van der Waals surface area contributed by atoms with E-state index in [1.165, 1.54) is 11.0 Å². The van der Waals surface area contributed by atoms with Gasteiger partial charge in [0.25, 0.3) is 0 Å². The normalized spacial score (nSPS) is 16.9. The summed E-state index contributed by atoms with van der Waals surface area (Å²) in [4.78, 5) is 26.0. The number of benzene rings is 1. The van der Waals surface area contributed by atoms with Crippen molar-refractivity contribution in [1.82, 2.24) is 15.1 Å². The van der Waals surface area contributed by atoms with E-state index in [9.17, 15) is 18.4 Å². The zero-order chi connectivity index (χ0) is 20.5. The van der Waals surface area contributed by atoms with Crippen LogP contribution in [0.25, 0.3) is 10.6 Å². The number of hydrogen-bond acceptors (Lipinski definition) is 6. The zero-order valence-corrected chi connectivity index (χ0v) is 16.5. The highest BCUT2D eigenvalue weighted by Gasteiger charge is 2.33.